The fourth-order valence-corrected chi connectivity index (χ4v) is 3.08. The molecule has 0 aliphatic heterocycles. The van der Waals surface area contributed by atoms with Crippen molar-refractivity contribution >= 4 is 35.2 Å². The first-order valence-corrected chi connectivity index (χ1v) is 9.97. The summed E-state index contributed by atoms with van der Waals surface area (Å²) in [5, 5.41) is 12.3. The molecule has 0 fully saturated rings. The zero-order valence-electron chi connectivity index (χ0n) is 17.3. The Morgan fingerprint density at radius 3 is 2.53 bits per heavy atom. The third-order valence-electron chi connectivity index (χ3n) is 4.36. The van der Waals surface area contributed by atoms with Gasteiger partial charge < -0.3 is 19.2 Å². The molecular weight excluding hydrogens is 432 g/mol. The van der Waals surface area contributed by atoms with Crippen molar-refractivity contribution in [3.63, 3.8) is 0 Å². The topological polar surface area (TPSA) is 102 Å². The number of carbonyl (C=O) groups is 2. The second-order valence-corrected chi connectivity index (χ2v) is 6.88. The van der Waals surface area contributed by atoms with E-state index >= 15 is 0 Å². The second kappa shape index (κ2) is 10.3. The lowest BCUT2D eigenvalue weighted by atomic mass is 10.1. The summed E-state index contributed by atoms with van der Waals surface area (Å²) >= 11 is 6.15. The molecule has 8 heteroatoms. The summed E-state index contributed by atoms with van der Waals surface area (Å²) in [5.74, 6) is 0.344. The number of hydrogen-bond donors (Lipinski definition) is 1. The van der Waals surface area contributed by atoms with E-state index in [2.05, 4.69) is 10.1 Å². The molecule has 1 heterocycles. The molecule has 0 bridgehead atoms. The maximum absolute atomic E-state index is 12.5. The van der Waals surface area contributed by atoms with Crippen molar-refractivity contribution in [1.82, 2.24) is 0 Å². The van der Waals surface area contributed by atoms with Gasteiger partial charge in [-0.25, -0.2) is 4.79 Å². The molecule has 32 heavy (non-hydrogen) atoms. The van der Waals surface area contributed by atoms with Crippen molar-refractivity contribution in [2.45, 2.75) is 6.92 Å². The van der Waals surface area contributed by atoms with Crippen LogP contribution in [0.1, 0.15) is 23.0 Å². The Hall–Kier alpha value is -4.02. The van der Waals surface area contributed by atoms with E-state index in [1.165, 1.54) is 19.3 Å². The van der Waals surface area contributed by atoms with Crippen molar-refractivity contribution in [1.29, 1.82) is 5.26 Å². The summed E-state index contributed by atoms with van der Waals surface area (Å²) in [7, 11) is 1.27. The van der Waals surface area contributed by atoms with Gasteiger partial charge in [0.2, 0.25) is 0 Å². The highest BCUT2D eigenvalue weighted by Gasteiger charge is 2.14. The van der Waals surface area contributed by atoms with E-state index < -0.39 is 11.9 Å². The number of furan rings is 1. The molecule has 1 amide bonds. The maximum atomic E-state index is 12.5. The average Bonchev–Trinajstić information content (AvgIpc) is 3.27. The number of rotatable bonds is 7. The SMILES string of the molecule is CCOc1ccc(NC(=O)/C(C#N)=C\c2ccc(-c3ccc(C(=O)OC)c(Cl)c3)o2)cc1. The van der Waals surface area contributed by atoms with Crippen LogP contribution in [0.25, 0.3) is 17.4 Å². The number of ether oxygens (including phenoxy) is 2. The molecule has 2 aromatic carbocycles. The van der Waals surface area contributed by atoms with E-state index in [9.17, 15) is 14.9 Å². The minimum absolute atomic E-state index is 0.126. The molecule has 3 rings (SSSR count). The average molecular weight is 451 g/mol. The Balaban J connectivity index is 1.76. The van der Waals surface area contributed by atoms with E-state index in [-0.39, 0.29) is 16.2 Å². The number of halogens is 1. The van der Waals surface area contributed by atoms with E-state index in [1.54, 1.807) is 48.5 Å². The van der Waals surface area contributed by atoms with Crippen molar-refractivity contribution in [3.05, 3.63) is 76.5 Å². The van der Waals surface area contributed by atoms with E-state index in [0.29, 0.717) is 35.1 Å². The van der Waals surface area contributed by atoms with Gasteiger partial charge in [-0.05, 0) is 55.5 Å². The van der Waals surface area contributed by atoms with Crippen LogP contribution in [0.2, 0.25) is 5.02 Å². The highest BCUT2D eigenvalue weighted by molar-refractivity contribution is 6.33. The first-order valence-electron chi connectivity index (χ1n) is 9.59. The Bertz CT molecular complexity index is 1210. The van der Waals surface area contributed by atoms with E-state index in [1.807, 2.05) is 13.0 Å². The van der Waals surface area contributed by atoms with Gasteiger partial charge in [-0.2, -0.15) is 5.26 Å². The number of nitrogens with one attached hydrogen (secondary N) is 1. The standard InChI is InChI=1S/C24H19ClN2O5/c1-3-31-18-7-5-17(6-8-18)27-23(28)16(14-26)12-19-9-11-22(32-19)15-4-10-20(21(25)13-15)24(29)30-2/h4-13H,3H2,1-2H3,(H,27,28)/b16-12-. The number of nitriles is 1. The lowest BCUT2D eigenvalue weighted by molar-refractivity contribution is -0.112. The molecule has 0 spiro atoms. The molecule has 0 atom stereocenters. The largest absolute Gasteiger partial charge is 0.494 e. The van der Waals surface area contributed by atoms with Gasteiger partial charge in [0.15, 0.2) is 0 Å². The van der Waals surface area contributed by atoms with Gasteiger partial charge in [0, 0.05) is 17.3 Å². The molecule has 3 aromatic rings. The second-order valence-electron chi connectivity index (χ2n) is 6.47. The van der Waals surface area contributed by atoms with Crippen LogP contribution in [0.15, 0.2) is 64.6 Å². The summed E-state index contributed by atoms with van der Waals surface area (Å²) in [4.78, 5) is 24.1. The zero-order chi connectivity index (χ0) is 23.1. The highest BCUT2D eigenvalue weighted by Crippen LogP contribution is 2.28. The maximum Gasteiger partial charge on any atom is 0.339 e. The fraction of sp³-hybridized carbons (Fsp3) is 0.125. The molecule has 0 aliphatic carbocycles. The van der Waals surface area contributed by atoms with Crippen LogP contribution in [0.4, 0.5) is 5.69 Å². The number of benzene rings is 2. The monoisotopic (exact) mass is 450 g/mol. The number of amides is 1. The number of esters is 1. The van der Waals surface area contributed by atoms with Gasteiger partial charge >= 0.3 is 5.97 Å². The van der Waals surface area contributed by atoms with Crippen molar-refractivity contribution in [2.24, 2.45) is 0 Å². The molecule has 0 unspecified atom stereocenters. The lowest BCUT2D eigenvalue weighted by Gasteiger charge is -2.06. The zero-order valence-corrected chi connectivity index (χ0v) is 18.1. The van der Waals surface area contributed by atoms with Gasteiger partial charge in [-0.15, -0.1) is 0 Å². The van der Waals surface area contributed by atoms with Gasteiger partial charge in [0.1, 0.15) is 28.9 Å². The van der Waals surface area contributed by atoms with Crippen LogP contribution in [-0.4, -0.2) is 25.6 Å². The Morgan fingerprint density at radius 2 is 1.91 bits per heavy atom. The predicted molar refractivity (Wildman–Crippen MR) is 120 cm³/mol. The number of hydrogen-bond acceptors (Lipinski definition) is 6. The van der Waals surface area contributed by atoms with E-state index in [4.69, 9.17) is 20.8 Å². The molecule has 0 saturated heterocycles. The molecule has 162 valence electrons. The van der Waals surface area contributed by atoms with Crippen LogP contribution in [0.5, 0.6) is 5.75 Å². The minimum Gasteiger partial charge on any atom is -0.494 e. The number of anilines is 1. The molecule has 1 aromatic heterocycles. The predicted octanol–water partition coefficient (Wildman–Crippen LogP) is 5.33. The van der Waals surface area contributed by atoms with Gasteiger partial charge in [0.05, 0.1) is 24.3 Å². The summed E-state index contributed by atoms with van der Waals surface area (Å²) < 4.78 is 15.8. The highest BCUT2D eigenvalue weighted by atomic mass is 35.5. The van der Waals surface area contributed by atoms with E-state index in [0.717, 1.165) is 0 Å². The van der Waals surface area contributed by atoms with Crippen molar-refractivity contribution in [3.8, 4) is 23.1 Å². The summed E-state index contributed by atoms with van der Waals surface area (Å²) in [6, 6.07) is 16.8. The molecule has 1 N–H and O–H groups in total. The van der Waals surface area contributed by atoms with Gasteiger partial charge in [-0.3, -0.25) is 4.79 Å². The Labute approximate surface area is 189 Å². The van der Waals surface area contributed by atoms with Crippen LogP contribution in [0, 0.1) is 11.3 Å². The summed E-state index contributed by atoms with van der Waals surface area (Å²) in [6.45, 7) is 2.42. The molecule has 0 aliphatic rings. The third-order valence-corrected chi connectivity index (χ3v) is 4.67. The first kappa shape index (κ1) is 22.7. The molecule has 7 nitrogen and oxygen atoms in total. The van der Waals surface area contributed by atoms with Crippen LogP contribution in [-0.2, 0) is 9.53 Å². The van der Waals surface area contributed by atoms with Gasteiger partial charge in [-0.1, -0.05) is 17.7 Å². The molecule has 0 radical (unpaired) electrons. The first-order chi connectivity index (χ1) is 15.4. The third kappa shape index (κ3) is 5.36. The van der Waals surface area contributed by atoms with Gasteiger partial charge in [0.25, 0.3) is 5.91 Å². The minimum atomic E-state index is -0.569. The summed E-state index contributed by atoms with van der Waals surface area (Å²) in [6.07, 6.45) is 1.35. The van der Waals surface area contributed by atoms with Crippen molar-refractivity contribution in [2.75, 3.05) is 19.0 Å². The van der Waals surface area contributed by atoms with Crippen LogP contribution in [0.3, 0.4) is 0 Å². The lowest BCUT2D eigenvalue weighted by Crippen LogP contribution is -2.13. The van der Waals surface area contributed by atoms with Crippen LogP contribution < -0.4 is 10.1 Å². The Kier molecular flexibility index (Phi) is 7.32. The van der Waals surface area contributed by atoms with Crippen molar-refractivity contribution < 1.29 is 23.5 Å². The number of nitrogens with zero attached hydrogens (tertiary/aromatic N) is 1. The fourth-order valence-electron chi connectivity index (χ4n) is 2.82. The molecular formula is C24H19ClN2O5. The quantitative estimate of drug-likeness (QED) is 0.296. The van der Waals surface area contributed by atoms with Crippen LogP contribution >= 0.6 is 11.6 Å². The molecule has 0 saturated carbocycles. The summed E-state index contributed by atoms with van der Waals surface area (Å²) in [5.41, 5.74) is 1.26. The smallest absolute Gasteiger partial charge is 0.339 e. The number of carbonyl (C=O) groups excluding carboxylic acids is 2. The number of methoxy groups -OCH3 is 1. The normalized spacial score (nSPS) is 10.9. The Morgan fingerprint density at radius 1 is 1.16 bits per heavy atom.